The maximum atomic E-state index is 4.90. The first-order chi connectivity index (χ1) is 14.2. The van der Waals surface area contributed by atoms with E-state index in [9.17, 15) is 0 Å². The van der Waals surface area contributed by atoms with Gasteiger partial charge in [0, 0.05) is 57.4 Å². The van der Waals surface area contributed by atoms with E-state index in [0.29, 0.717) is 6.04 Å². The van der Waals surface area contributed by atoms with Crippen molar-refractivity contribution in [2.75, 3.05) is 40.9 Å². The summed E-state index contributed by atoms with van der Waals surface area (Å²) >= 11 is 0. The van der Waals surface area contributed by atoms with Gasteiger partial charge in [0.15, 0.2) is 0 Å². The van der Waals surface area contributed by atoms with Crippen molar-refractivity contribution in [2.24, 2.45) is 0 Å². The highest BCUT2D eigenvalue weighted by Crippen LogP contribution is 2.21. The average Bonchev–Trinajstić information content (AvgIpc) is 2.79. The van der Waals surface area contributed by atoms with Gasteiger partial charge in [0.05, 0.1) is 0 Å². The number of benzene rings is 1. The summed E-state index contributed by atoms with van der Waals surface area (Å²) in [4.78, 5) is 25.0. The van der Waals surface area contributed by atoms with Crippen molar-refractivity contribution in [1.29, 1.82) is 0 Å². The lowest BCUT2D eigenvalue weighted by Crippen LogP contribution is -2.47. The van der Waals surface area contributed by atoms with Gasteiger partial charge >= 0.3 is 0 Å². The number of aromatic nitrogens is 4. The maximum Gasteiger partial charge on any atom is 0.227 e. The van der Waals surface area contributed by atoms with Gasteiger partial charge in [-0.05, 0) is 31.5 Å². The van der Waals surface area contributed by atoms with Crippen molar-refractivity contribution in [3.05, 3.63) is 66.6 Å². The largest absolute Gasteiger partial charge is 0.353 e. The summed E-state index contributed by atoms with van der Waals surface area (Å²) in [6, 6.07) is 14.6. The van der Waals surface area contributed by atoms with E-state index in [1.807, 2.05) is 24.4 Å². The molecule has 7 heteroatoms. The lowest BCUT2D eigenvalue weighted by atomic mass is 10.2. The molecule has 0 aliphatic carbocycles. The van der Waals surface area contributed by atoms with Crippen LogP contribution in [0, 0.1) is 0 Å². The van der Waals surface area contributed by atoms with Crippen LogP contribution in [0.1, 0.15) is 19.4 Å². The van der Waals surface area contributed by atoms with Crippen LogP contribution in [0.25, 0.3) is 0 Å². The second kappa shape index (κ2) is 8.86. The molecule has 0 saturated carbocycles. The predicted molar refractivity (Wildman–Crippen MR) is 116 cm³/mol. The molecule has 2 aromatic heterocycles. The summed E-state index contributed by atoms with van der Waals surface area (Å²) in [7, 11) is 0. The van der Waals surface area contributed by atoms with Crippen LogP contribution in [-0.2, 0) is 6.54 Å². The highest BCUT2D eigenvalue weighted by atomic mass is 15.3. The molecule has 1 saturated heterocycles. The molecule has 0 atom stereocenters. The standard InChI is InChI=1S/C22H27N7/c1-18(2)29(17-19-7-4-3-5-8-19)22-25-12-9-20(26-22)27-13-15-28(16-14-27)21-23-10-6-11-24-21/h3-12,18H,13-17H2,1-2H3. The first-order valence-corrected chi connectivity index (χ1v) is 10.1. The molecule has 7 nitrogen and oxygen atoms in total. The highest BCUT2D eigenvalue weighted by Gasteiger charge is 2.21. The van der Waals surface area contributed by atoms with Gasteiger partial charge in [-0.15, -0.1) is 0 Å². The Labute approximate surface area is 172 Å². The molecule has 0 spiro atoms. The summed E-state index contributed by atoms with van der Waals surface area (Å²) in [5.41, 5.74) is 1.26. The zero-order valence-corrected chi connectivity index (χ0v) is 17.0. The lowest BCUT2D eigenvalue weighted by molar-refractivity contribution is 0.627. The minimum Gasteiger partial charge on any atom is -0.353 e. The normalized spacial score (nSPS) is 14.3. The molecule has 3 heterocycles. The molecule has 0 amide bonds. The van der Waals surface area contributed by atoms with Gasteiger partial charge in [-0.25, -0.2) is 15.0 Å². The number of piperazine rings is 1. The number of nitrogens with zero attached hydrogens (tertiary/aromatic N) is 7. The van der Waals surface area contributed by atoms with E-state index >= 15 is 0 Å². The number of anilines is 3. The molecule has 3 aromatic rings. The third-order valence-corrected chi connectivity index (χ3v) is 5.14. The Morgan fingerprint density at radius 1 is 0.828 bits per heavy atom. The monoisotopic (exact) mass is 389 g/mol. The molecule has 150 valence electrons. The summed E-state index contributed by atoms with van der Waals surface area (Å²) in [5, 5.41) is 0. The second-order valence-electron chi connectivity index (χ2n) is 7.44. The molecule has 4 rings (SSSR count). The van der Waals surface area contributed by atoms with E-state index in [1.54, 1.807) is 12.4 Å². The molecule has 1 fully saturated rings. The average molecular weight is 390 g/mol. The number of hydrogen-bond acceptors (Lipinski definition) is 7. The van der Waals surface area contributed by atoms with Crippen molar-refractivity contribution in [3.8, 4) is 0 Å². The Balaban J connectivity index is 1.47. The van der Waals surface area contributed by atoms with Crippen molar-refractivity contribution in [2.45, 2.75) is 26.4 Å². The van der Waals surface area contributed by atoms with E-state index in [4.69, 9.17) is 4.98 Å². The zero-order chi connectivity index (χ0) is 20.1. The maximum absolute atomic E-state index is 4.90. The summed E-state index contributed by atoms with van der Waals surface area (Å²) in [6.07, 6.45) is 5.45. The molecule has 0 bridgehead atoms. The van der Waals surface area contributed by atoms with Crippen LogP contribution in [-0.4, -0.2) is 52.2 Å². The zero-order valence-electron chi connectivity index (χ0n) is 17.0. The van der Waals surface area contributed by atoms with Crippen LogP contribution in [0.15, 0.2) is 61.1 Å². The third kappa shape index (κ3) is 4.62. The fourth-order valence-electron chi connectivity index (χ4n) is 3.51. The van der Waals surface area contributed by atoms with Gasteiger partial charge in [-0.2, -0.15) is 4.98 Å². The molecular formula is C22H27N7. The number of hydrogen-bond donors (Lipinski definition) is 0. The van der Waals surface area contributed by atoms with E-state index in [2.05, 4.69) is 67.8 Å². The Bertz CT molecular complexity index is 893. The first kappa shape index (κ1) is 19.1. The molecule has 0 radical (unpaired) electrons. The van der Waals surface area contributed by atoms with Crippen molar-refractivity contribution < 1.29 is 0 Å². The van der Waals surface area contributed by atoms with Crippen LogP contribution in [0.4, 0.5) is 17.7 Å². The second-order valence-corrected chi connectivity index (χ2v) is 7.44. The molecular weight excluding hydrogens is 362 g/mol. The van der Waals surface area contributed by atoms with E-state index in [0.717, 1.165) is 50.4 Å². The fourth-order valence-corrected chi connectivity index (χ4v) is 3.51. The quantitative estimate of drug-likeness (QED) is 0.642. The molecule has 0 unspecified atom stereocenters. The molecule has 1 aliphatic rings. The third-order valence-electron chi connectivity index (χ3n) is 5.14. The van der Waals surface area contributed by atoms with Gasteiger partial charge in [0.1, 0.15) is 5.82 Å². The SMILES string of the molecule is CC(C)N(Cc1ccccc1)c1nccc(N2CCN(c3ncccn3)CC2)n1. The Morgan fingerprint density at radius 2 is 1.52 bits per heavy atom. The van der Waals surface area contributed by atoms with Crippen molar-refractivity contribution in [1.82, 2.24) is 19.9 Å². The van der Waals surface area contributed by atoms with Gasteiger partial charge in [0.2, 0.25) is 11.9 Å². The van der Waals surface area contributed by atoms with Gasteiger partial charge in [0.25, 0.3) is 0 Å². The predicted octanol–water partition coefficient (Wildman–Crippen LogP) is 3.01. The van der Waals surface area contributed by atoms with Crippen LogP contribution < -0.4 is 14.7 Å². The Kier molecular flexibility index (Phi) is 5.84. The first-order valence-electron chi connectivity index (χ1n) is 10.1. The Morgan fingerprint density at radius 3 is 2.21 bits per heavy atom. The summed E-state index contributed by atoms with van der Waals surface area (Å²) < 4.78 is 0. The molecule has 1 aliphatic heterocycles. The van der Waals surface area contributed by atoms with Gasteiger partial charge in [-0.1, -0.05) is 30.3 Å². The topological polar surface area (TPSA) is 61.3 Å². The molecule has 1 aromatic carbocycles. The van der Waals surface area contributed by atoms with Gasteiger partial charge in [-0.3, -0.25) is 0 Å². The molecule has 29 heavy (non-hydrogen) atoms. The highest BCUT2D eigenvalue weighted by molar-refractivity contribution is 5.46. The van der Waals surface area contributed by atoms with Crippen LogP contribution in [0.5, 0.6) is 0 Å². The fraction of sp³-hybridized carbons (Fsp3) is 0.364. The van der Waals surface area contributed by atoms with Crippen LogP contribution in [0.3, 0.4) is 0 Å². The van der Waals surface area contributed by atoms with Crippen molar-refractivity contribution >= 4 is 17.7 Å². The van der Waals surface area contributed by atoms with Gasteiger partial charge < -0.3 is 14.7 Å². The van der Waals surface area contributed by atoms with E-state index < -0.39 is 0 Å². The number of rotatable bonds is 6. The van der Waals surface area contributed by atoms with Crippen LogP contribution in [0.2, 0.25) is 0 Å². The summed E-state index contributed by atoms with van der Waals surface area (Å²) in [6.45, 7) is 8.67. The Hall–Kier alpha value is -3.22. The van der Waals surface area contributed by atoms with Crippen LogP contribution >= 0.6 is 0 Å². The van der Waals surface area contributed by atoms with E-state index in [1.165, 1.54) is 5.56 Å². The minimum atomic E-state index is 0.303. The van der Waals surface area contributed by atoms with E-state index in [-0.39, 0.29) is 0 Å². The minimum absolute atomic E-state index is 0.303. The summed E-state index contributed by atoms with van der Waals surface area (Å²) in [5.74, 6) is 2.54. The lowest BCUT2D eigenvalue weighted by Gasteiger charge is -2.35. The van der Waals surface area contributed by atoms with Crippen molar-refractivity contribution in [3.63, 3.8) is 0 Å². The molecule has 0 N–H and O–H groups in total. The smallest absolute Gasteiger partial charge is 0.227 e.